The van der Waals surface area contributed by atoms with Crippen LogP contribution in [0.2, 0.25) is 0 Å². The van der Waals surface area contributed by atoms with Gasteiger partial charge in [-0.25, -0.2) is 8.42 Å². The van der Waals surface area contributed by atoms with E-state index in [-0.39, 0.29) is 10.7 Å². The van der Waals surface area contributed by atoms with E-state index in [2.05, 4.69) is 5.32 Å². The fourth-order valence-electron chi connectivity index (χ4n) is 2.40. The van der Waals surface area contributed by atoms with E-state index in [0.717, 1.165) is 16.8 Å². The molecule has 100 valence electrons. The molecule has 0 bridgehead atoms. The molecule has 0 aliphatic carbocycles. The van der Waals surface area contributed by atoms with Crippen molar-refractivity contribution < 1.29 is 8.42 Å². The van der Waals surface area contributed by atoms with Crippen molar-refractivity contribution in [1.29, 1.82) is 0 Å². The Kier molecular flexibility index (Phi) is 2.97. The average Bonchev–Trinajstić information content (AvgIpc) is 2.19. The molecule has 4 heteroatoms. The molecule has 1 unspecified atom stereocenters. The summed E-state index contributed by atoms with van der Waals surface area (Å²) < 4.78 is 25.3. The zero-order valence-electron chi connectivity index (χ0n) is 11.7. The molecule has 1 N–H and O–H groups in total. The van der Waals surface area contributed by atoms with Gasteiger partial charge in [0.2, 0.25) is 0 Å². The molecule has 1 aliphatic rings. The molecule has 1 aliphatic heterocycles. The fourth-order valence-corrected chi connectivity index (χ4v) is 4.72. The Morgan fingerprint density at radius 3 is 2.28 bits per heavy atom. The molecule has 0 saturated heterocycles. The largest absolute Gasteiger partial charge is 0.383 e. The minimum Gasteiger partial charge on any atom is -0.383 e. The monoisotopic (exact) mass is 267 g/mol. The highest BCUT2D eigenvalue weighted by Crippen LogP contribution is 2.38. The van der Waals surface area contributed by atoms with E-state index in [1.165, 1.54) is 0 Å². The second-order valence-corrected chi connectivity index (χ2v) is 8.31. The lowest BCUT2D eigenvalue weighted by atomic mass is 9.91. The maximum absolute atomic E-state index is 12.7. The van der Waals surface area contributed by atoms with Gasteiger partial charge in [-0.15, -0.1) is 0 Å². The molecule has 1 aromatic carbocycles. The van der Waals surface area contributed by atoms with Crippen LogP contribution in [0, 0.1) is 19.3 Å². The van der Waals surface area contributed by atoms with Crippen molar-refractivity contribution in [2.75, 3.05) is 11.9 Å². The van der Waals surface area contributed by atoms with Gasteiger partial charge in [0.25, 0.3) is 0 Å². The fraction of sp³-hybridized carbons (Fsp3) is 0.571. The molecule has 0 aromatic heterocycles. The summed E-state index contributed by atoms with van der Waals surface area (Å²) in [4.78, 5) is 0.455. The quantitative estimate of drug-likeness (QED) is 0.786. The smallest absolute Gasteiger partial charge is 0.185 e. The van der Waals surface area contributed by atoms with Crippen LogP contribution in [0.4, 0.5) is 5.69 Å². The van der Waals surface area contributed by atoms with Gasteiger partial charge in [-0.05, 0) is 42.5 Å². The Balaban J connectivity index is 2.63. The standard InChI is InChI=1S/C14H21NO2S/c1-9-6-11-12(7-10(9)2)18(16,17)13(8-15-11)14(3,4)5/h6-7,13,15H,8H2,1-5H3. The second-order valence-electron chi connectivity index (χ2n) is 6.21. The summed E-state index contributed by atoms with van der Waals surface area (Å²) in [5, 5.41) is 2.89. The molecule has 1 heterocycles. The third-order valence-corrected chi connectivity index (χ3v) is 6.29. The van der Waals surface area contributed by atoms with Crippen molar-refractivity contribution in [1.82, 2.24) is 0 Å². The number of nitrogens with one attached hydrogen (secondary N) is 1. The van der Waals surface area contributed by atoms with Gasteiger partial charge in [0.05, 0.1) is 15.8 Å². The van der Waals surface area contributed by atoms with Crippen molar-refractivity contribution in [3.05, 3.63) is 23.3 Å². The summed E-state index contributed by atoms with van der Waals surface area (Å²) in [5.74, 6) is 0. The lowest BCUT2D eigenvalue weighted by molar-refractivity contribution is 0.382. The summed E-state index contributed by atoms with van der Waals surface area (Å²) in [6.45, 7) is 10.4. The van der Waals surface area contributed by atoms with Gasteiger partial charge < -0.3 is 5.32 Å². The van der Waals surface area contributed by atoms with Gasteiger partial charge in [-0.1, -0.05) is 20.8 Å². The Morgan fingerprint density at radius 1 is 1.17 bits per heavy atom. The number of benzene rings is 1. The number of aryl methyl sites for hydroxylation is 2. The van der Waals surface area contributed by atoms with Gasteiger partial charge in [-0.2, -0.15) is 0 Å². The molecule has 2 rings (SSSR count). The van der Waals surface area contributed by atoms with Gasteiger partial charge in [0.15, 0.2) is 9.84 Å². The summed E-state index contributed by atoms with van der Waals surface area (Å²) >= 11 is 0. The summed E-state index contributed by atoms with van der Waals surface area (Å²) in [7, 11) is -3.24. The lowest BCUT2D eigenvalue weighted by Gasteiger charge is -2.35. The van der Waals surface area contributed by atoms with Crippen molar-refractivity contribution in [2.45, 2.75) is 44.8 Å². The first-order chi connectivity index (χ1) is 8.14. The van der Waals surface area contributed by atoms with Crippen LogP contribution in [-0.2, 0) is 9.84 Å². The lowest BCUT2D eigenvalue weighted by Crippen LogP contribution is -2.43. The number of fused-ring (bicyclic) bond motifs is 1. The molecule has 18 heavy (non-hydrogen) atoms. The van der Waals surface area contributed by atoms with Crippen molar-refractivity contribution in [3.63, 3.8) is 0 Å². The molecule has 1 atom stereocenters. The van der Waals surface area contributed by atoms with Gasteiger partial charge in [0, 0.05) is 6.54 Å². The van der Waals surface area contributed by atoms with Crippen LogP contribution in [-0.4, -0.2) is 20.2 Å². The third kappa shape index (κ3) is 2.03. The first kappa shape index (κ1) is 13.4. The highest BCUT2D eigenvalue weighted by atomic mass is 32.2. The molecular formula is C14H21NO2S. The molecule has 0 spiro atoms. The van der Waals surface area contributed by atoms with Crippen LogP contribution in [0.3, 0.4) is 0 Å². The Morgan fingerprint density at radius 2 is 1.72 bits per heavy atom. The Labute approximate surface area is 110 Å². The van der Waals surface area contributed by atoms with Gasteiger partial charge >= 0.3 is 0 Å². The Bertz CT molecular complexity index is 583. The average molecular weight is 267 g/mol. The van der Waals surface area contributed by atoms with Crippen LogP contribution in [0.25, 0.3) is 0 Å². The van der Waals surface area contributed by atoms with Gasteiger partial charge in [-0.3, -0.25) is 0 Å². The van der Waals surface area contributed by atoms with Crippen molar-refractivity contribution in [2.24, 2.45) is 5.41 Å². The van der Waals surface area contributed by atoms with Gasteiger partial charge in [0.1, 0.15) is 0 Å². The minimum atomic E-state index is -3.24. The Hall–Kier alpha value is -1.03. The summed E-state index contributed by atoms with van der Waals surface area (Å²) in [6, 6.07) is 3.73. The molecule has 0 amide bonds. The number of rotatable bonds is 0. The first-order valence-corrected chi connectivity index (χ1v) is 7.77. The van der Waals surface area contributed by atoms with Crippen LogP contribution in [0.15, 0.2) is 17.0 Å². The predicted octanol–water partition coefficient (Wildman–Crippen LogP) is 2.92. The summed E-state index contributed by atoms with van der Waals surface area (Å²) in [6.07, 6.45) is 0. The van der Waals surface area contributed by atoms with E-state index in [1.807, 2.05) is 40.7 Å². The predicted molar refractivity (Wildman–Crippen MR) is 74.8 cm³/mol. The van der Waals surface area contributed by atoms with Crippen molar-refractivity contribution in [3.8, 4) is 0 Å². The topological polar surface area (TPSA) is 46.2 Å². The van der Waals surface area contributed by atoms with Crippen LogP contribution in [0.1, 0.15) is 31.9 Å². The molecule has 3 nitrogen and oxygen atoms in total. The van der Waals surface area contributed by atoms with E-state index in [0.29, 0.717) is 11.4 Å². The van der Waals surface area contributed by atoms with Crippen molar-refractivity contribution >= 4 is 15.5 Å². The molecular weight excluding hydrogens is 246 g/mol. The SMILES string of the molecule is Cc1cc2c(cc1C)S(=O)(=O)C(C(C)(C)C)CN2. The van der Waals surface area contributed by atoms with Crippen LogP contribution in [0.5, 0.6) is 0 Å². The highest BCUT2D eigenvalue weighted by Gasteiger charge is 2.41. The van der Waals surface area contributed by atoms with E-state index in [1.54, 1.807) is 6.07 Å². The van der Waals surface area contributed by atoms with Crippen LogP contribution >= 0.6 is 0 Å². The minimum absolute atomic E-state index is 0.262. The van der Waals surface area contributed by atoms with E-state index in [9.17, 15) is 8.42 Å². The van der Waals surface area contributed by atoms with Crippen LogP contribution < -0.4 is 5.32 Å². The number of hydrogen-bond donors (Lipinski definition) is 1. The normalized spacial score (nSPS) is 22.2. The third-order valence-electron chi connectivity index (χ3n) is 3.72. The second kappa shape index (κ2) is 3.98. The molecule has 0 radical (unpaired) electrons. The van der Waals surface area contributed by atoms with E-state index < -0.39 is 9.84 Å². The number of hydrogen-bond acceptors (Lipinski definition) is 3. The maximum atomic E-state index is 12.7. The zero-order chi connectivity index (χ0) is 13.7. The van der Waals surface area contributed by atoms with E-state index in [4.69, 9.17) is 0 Å². The van der Waals surface area contributed by atoms with E-state index >= 15 is 0 Å². The first-order valence-electron chi connectivity index (χ1n) is 6.23. The number of sulfone groups is 1. The zero-order valence-corrected chi connectivity index (χ0v) is 12.5. The number of anilines is 1. The highest BCUT2D eigenvalue weighted by molar-refractivity contribution is 7.92. The molecule has 0 saturated carbocycles. The molecule has 0 fully saturated rings. The molecule has 1 aromatic rings. The summed E-state index contributed by atoms with van der Waals surface area (Å²) in [5.41, 5.74) is 2.63. The maximum Gasteiger partial charge on any atom is 0.185 e.